The highest BCUT2D eigenvalue weighted by atomic mass is 35.5. The number of amides is 1. The van der Waals surface area contributed by atoms with E-state index in [1.54, 1.807) is 24.1 Å². The fourth-order valence-corrected chi connectivity index (χ4v) is 4.30. The maximum atomic E-state index is 13.4. The van der Waals surface area contributed by atoms with Crippen molar-refractivity contribution in [2.24, 2.45) is 10.9 Å². The SMILES string of the molecule is COCCn1cc(-c2ccc(C(C(N)=O)c3ccc(F)cc3Cl)cc2S(N)(=O)=O)cn1. The lowest BCUT2D eigenvalue weighted by atomic mass is 9.89. The lowest BCUT2D eigenvalue weighted by Gasteiger charge is -2.18. The third-order valence-electron chi connectivity index (χ3n) is 4.67. The number of hydrogen-bond donors (Lipinski definition) is 2. The molecule has 4 N–H and O–H groups in total. The minimum Gasteiger partial charge on any atom is -0.383 e. The second-order valence-electron chi connectivity index (χ2n) is 6.79. The molecular formula is C20H20ClFN4O4S. The molecule has 0 bridgehead atoms. The van der Waals surface area contributed by atoms with E-state index in [1.165, 1.54) is 24.4 Å². The van der Waals surface area contributed by atoms with E-state index in [-0.39, 0.29) is 21.0 Å². The standard InChI is InChI=1S/C20H20ClFN4O4S/c1-30-7-6-26-11-13(10-25-26)15-4-2-12(8-18(15)31(24,28)29)19(20(23)27)16-5-3-14(22)9-17(16)21/h2-5,8-11,19H,6-7H2,1H3,(H2,23,27)(H2,24,28,29). The number of primary amides is 1. The van der Waals surface area contributed by atoms with Gasteiger partial charge in [-0.3, -0.25) is 9.48 Å². The van der Waals surface area contributed by atoms with Crippen LogP contribution in [0.5, 0.6) is 0 Å². The number of halogens is 2. The molecule has 1 unspecified atom stereocenters. The van der Waals surface area contributed by atoms with E-state index in [4.69, 9.17) is 27.2 Å². The highest BCUT2D eigenvalue weighted by molar-refractivity contribution is 7.89. The average molecular weight is 467 g/mol. The maximum absolute atomic E-state index is 13.4. The van der Waals surface area contributed by atoms with Gasteiger partial charge in [0.05, 0.1) is 30.2 Å². The van der Waals surface area contributed by atoms with Crippen LogP contribution in [0.2, 0.25) is 5.02 Å². The number of nitrogens with two attached hydrogens (primary N) is 2. The summed E-state index contributed by atoms with van der Waals surface area (Å²) in [6, 6.07) is 7.85. The first-order valence-corrected chi connectivity index (χ1v) is 11.0. The fraction of sp³-hybridized carbons (Fsp3) is 0.200. The molecule has 11 heteroatoms. The van der Waals surface area contributed by atoms with E-state index in [0.29, 0.717) is 24.3 Å². The third-order valence-corrected chi connectivity index (χ3v) is 5.95. The van der Waals surface area contributed by atoms with Crippen LogP contribution in [0.3, 0.4) is 0 Å². The van der Waals surface area contributed by atoms with Crippen LogP contribution in [-0.4, -0.2) is 37.8 Å². The van der Waals surface area contributed by atoms with Gasteiger partial charge in [0.1, 0.15) is 5.82 Å². The van der Waals surface area contributed by atoms with Crippen LogP contribution in [0.15, 0.2) is 53.7 Å². The van der Waals surface area contributed by atoms with Gasteiger partial charge in [-0.1, -0.05) is 29.8 Å². The smallest absolute Gasteiger partial charge is 0.238 e. The van der Waals surface area contributed by atoms with Gasteiger partial charge in [0, 0.05) is 29.5 Å². The van der Waals surface area contributed by atoms with E-state index in [0.717, 1.165) is 12.1 Å². The molecule has 0 aliphatic carbocycles. The van der Waals surface area contributed by atoms with Crippen LogP contribution in [0, 0.1) is 5.82 Å². The molecule has 0 spiro atoms. The van der Waals surface area contributed by atoms with E-state index in [9.17, 15) is 17.6 Å². The topological polar surface area (TPSA) is 130 Å². The zero-order valence-corrected chi connectivity index (χ0v) is 18.0. The maximum Gasteiger partial charge on any atom is 0.238 e. The summed E-state index contributed by atoms with van der Waals surface area (Å²) in [6.45, 7) is 0.910. The molecule has 3 rings (SSSR count). The summed E-state index contributed by atoms with van der Waals surface area (Å²) in [4.78, 5) is 12.0. The van der Waals surface area contributed by atoms with Crippen molar-refractivity contribution in [1.29, 1.82) is 0 Å². The Morgan fingerprint density at radius 1 is 1.29 bits per heavy atom. The highest BCUT2D eigenvalue weighted by Gasteiger charge is 2.26. The molecule has 1 amide bonds. The molecule has 0 radical (unpaired) electrons. The van der Waals surface area contributed by atoms with Crippen molar-refractivity contribution in [3.8, 4) is 11.1 Å². The van der Waals surface area contributed by atoms with E-state index < -0.39 is 27.7 Å². The molecule has 1 aromatic heterocycles. The number of rotatable bonds is 8. The first kappa shape index (κ1) is 22.9. The molecule has 8 nitrogen and oxygen atoms in total. The molecule has 0 aliphatic rings. The summed E-state index contributed by atoms with van der Waals surface area (Å²) in [5.41, 5.74) is 6.89. The van der Waals surface area contributed by atoms with E-state index >= 15 is 0 Å². The number of carbonyl (C=O) groups excluding carboxylic acids is 1. The van der Waals surface area contributed by atoms with Crippen molar-refractivity contribution >= 4 is 27.5 Å². The molecular weight excluding hydrogens is 447 g/mol. The summed E-state index contributed by atoms with van der Waals surface area (Å²) in [5, 5.41) is 9.62. The second-order valence-corrected chi connectivity index (χ2v) is 8.72. The van der Waals surface area contributed by atoms with Crippen molar-refractivity contribution in [2.45, 2.75) is 17.4 Å². The predicted molar refractivity (Wildman–Crippen MR) is 113 cm³/mol. The van der Waals surface area contributed by atoms with E-state index in [2.05, 4.69) is 5.10 Å². The summed E-state index contributed by atoms with van der Waals surface area (Å²) in [5.74, 6) is -2.47. The average Bonchev–Trinajstić information content (AvgIpc) is 3.16. The van der Waals surface area contributed by atoms with E-state index in [1.807, 2.05) is 0 Å². The molecule has 0 saturated heterocycles. The fourth-order valence-electron chi connectivity index (χ4n) is 3.23. The van der Waals surface area contributed by atoms with Crippen molar-refractivity contribution < 1.29 is 22.3 Å². The molecule has 3 aromatic rings. The van der Waals surface area contributed by atoms with Crippen molar-refractivity contribution in [2.75, 3.05) is 13.7 Å². The Morgan fingerprint density at radius 2 is 2.03 bits per heavy atom. The summed E-state index contributed by atoms with van der Waals surface area (Å²) in [6.07, 6.45) is 3.16. The molecule has 1 heterocycles. The van der Waals surface area contributed by atoms with Gasteiger partial charge in [0.2, 0.25) is 15.9 Å². The van der Waals surface area contributed by atoms with Crippen LogP contribution in [0.4, 0.5) is 4.39 Å². The van der Waals surface area contributed by atoms with Crippen molar-refractivity contribution in [3.63, 3.8) is 0 Å². The van der Waals surface area contributed by atoms with Crippen LogP contribution >= 0.6 is 11.6 Å². The zero-order chi connectivity index (χ0) is 22.8. The minimum absolute atomic E-state index is 0.00977. The molecule has 1 atom stereocenters. The Labute approximate surface area is 183 Å². The lowest BCUT2D eigenvalue weighted by molar-refractivity contribution is -0.118. The molecule has 2 aromatic carbocycles. The summed E-state index contributed by atoms with van der Waals surface area (Å²) >= 11 is 6.11. The Morgan fingerprint density at radius 3 is 2.65 bits per heavy atom. The van der Waals surface area contributed by atoms with Gasteiger partial charge < -0.3 is 10.5 Å². The number of sulfonamides is 1. The quantitative estimate of drug-likeness (QED) is 0.525. The highest BCUT2D eigenvalue weighted by Crippen LogP contribution is 2.35. The van der Waals surface area contributed by atoms with Gasteiger partial charge in [0.15, 0.2) is 0 Å². The summed E-state index contributed by atoms with van der Waals surface area (Å²) in [7, 11) is -2.62. The number of ether oxygens (including phenoxy) is 1. The number of primary sulfonamides is 1. The predicted octanol–water partition coefficient (Wildman–Crippen LogP) is 2.25. The summed E-state index contributed by atoms with van der Waals surface area (Å²) < 4.78 is 44.7. The largest absolute Gasteiger partial charge is 0.383 e. The Kier molecular flexibility index (Phi) is 6.75. The zero-order valence-electron chi connectivity index (χ0n) is 16.5. The number of benzene rings is 2. The van der Waals surface area contributed by atoms with Gasteiger partial charge in [0.25, 0.3) is 0 Å². The first-order chi connectivity index (χ1) is 14.6. The van der Waals surface area contributed by atoms with Gasteiger partial charge in [-0.15, -0.1) is 0 Å². The monoisotopic (exact) mass is 466 g/mol. The van der Waals surface area contributed by atoms with Gasteiger partial charge in [-0.2, -0.15) is 5.10 Å². The third kappa shape index (κ3) is 5.10. The number of nitrogens with zero attached hydrogens (tertiary/aromatic N) is 2. The minimum atomic E-state index is -4.18. The second kappa shape index (κ2) is 9.15. The first-order valence-electron chi connectivity index (χ1n) is 9.04. The molecule has 0 aliphatic heterocycles. The number of hydrogen-bond acceptors (Lipinski definition) is 5. The van der Waals surface area contributed by atoms with Crippen LogP contribution in [0.25, 0.3) is 11.1 Å². The Bertz CT molecular complexity index is 1230. The lowest BCUT2D eigenvalue weighted by Crippen LogP contribution is -2.23. The van der Waals surface area contributed by atoms with Crippen LogP contribution in [-0.2, 0) is 26.1 Å². The van der Waals surface area contributed by atoms with Crippen LogP contribution < -0.4 is 10.9 Å². The Balaban J connectivity index is 2.12. The normalized spacial score (nSPS) is 12.6. The van der Waals surface area contributed by atoms with Gasteiger partial charge in [-0.25, -0.2) is 17.9 Å². The molecule has 0 saturated carbocycles. The molecule has 0 fully saturated rings. The number of aromatic nitrogens is 2. The van der Waals surface area contributed by atoms with Crippen molar-refractivity contribution in [1.82, 2.24) is 9.78 Å². The number of methoxy groups -OCH3 is 1. The van der Waals surface area contributed by atoms with Gasteiger partial charge >= 0.3 is 0 Å². The van der Waals surface area contributed by atoms with Gasteiger partial charge in [-0.05, 0) is 29.3 Å². The molecule has 164 valence electrons. The van der Waals surface area contributed by atoms with Crippen LogP contribution in [0.1, 0.15) is 17.0 Å². The van der Waals surface area contributed by atoms with Crippen molar-refractivity contribution in [3.05, 3.63) is 70.8 Å². The Hall–Kier alpha value is -2.79. The number of carbonyl (C=O) groups is 1. The molecule has 31 heavy (non-hydrogen) atoms.